The number of hydrogen-bond acceptors (Lipinski definition) is 2. The van der Waals surface area contributed by atoms with E-state index in [1.165, 1.54) is 20.3 Å². The van der Waals surface area contributed by atoms with Gasteiger partial charge in [0.15, 0.2) is 0 Å². The summed E-state index contributed by atoms with van der Waals surface area (Å²) in [6, 6.07) is 11.2. The van der Waals surface area contributed by atoms with Gasteiger partial charge in [0, 0.05) is 0 Å². The zero-order valence-electron chi connectivity index (χ0n) is 7.35. The summed E-state index contributed by atoms with van der Waals surface area (Å²) >= 11 is 0. The summed E-state index contributed by atoms with van der Waals surface area (Å²) in [6.07, 6.45) is 2.41. The molecule has 1 aliphatic rings. The largest absolute Gasteiger partial charge is 0.454 e. The van der Waals surface area contributed by atoms with E-state index in [2.05, 4.69) is 0 Å². The molecular weight excluding hydrogens is 161 g/mol. The van der Waals surface area contributed by atoms with E-state index >= 15 is 0 Å². The van der Waals surface area contributed by atoms with Gasteiger partial charge in [0.05, 0.1) is 11.6 Å². The summed E-state index contributed by atoms with van der Waals surface area (Å²) < 4.78 is 0. The molecule has 1 fully saturated rings. The van der Waals surface area contributed by atoms with Crippen molar-refractivity contribution in [1.82, 2.24) is 0 Å². The minimum atomic E-state index is 0.565. The Morgan fingerprint density at radius 1 is 1.31 bits per heavy atom. The van der Waals surface area contributed by atoms with Crippen LogP contribution in [0.15, 0.2) is 30.3 Å². The molecule has 1 radical (unpaired) electrons. The molecule has 0 aromatic heterocycles. The fraction of sp³-hybridized carbons (Fsp3) is 0.300. The highest BCUT2D eigenvalue weighted by Gasteiger charge is 2.20. The lowest BCUT2D eigenvalue weighted by atomic mass is 9.94. The molecule has 0 bridgehead atoms. The maximum Gasteiger partial charge on any atom is 0.290 e. The monoisotopic (exact) mass is 172 g/mol. The molecule has 1 aliphatic carbocycles. The van der Waals surface area contributed by atoms with Gasteiger partial charge >= 0.3 is 0 Å². The van der Waals surface area contributed by atoms with Crippen LogP contribution in [0.3, 0.4) is 0 Å². The van der Waals surface area contributed by atoms with Gasteiger partial charge in [-0.05, 0) is 17.9 Å². The van der Waals surface area contributed by atoms with Gasteiger partial charge in [0.1, 0.15) is 0 Å². The van der Waals surface area contributed by atoms with E-state index in [0.717, 1.165) is 0 Å². The Hall–Kier alpha value is -1.27. The van der Waals surface area contributed by atoms with Crippen molar-refractivity contribution in [3.05, 3.63) is 35.9 Å². The van der Waals surface area contributed by atoms with Crippen LogP contribution in [0.5, 0.6) is 0 Å². The average Bonchev–Trinajstić information content (AvgIpc) is 3.03. The van der Waals surface area contributed by atoms with Crippen molar-refractivity contribution in [2.75, 3.05) is 0 Å². The zero-order chi connectivity index (χ0) is 9.52. The molecule has 0 spiro atoms. The smallest absolute Gasteiger partial charge is 0.290 e. The van der Waals surface area contributed by atoms with E-state index in [0.29, 0.717) is 11.4 Å². The van der Waals surface area contributed by atoms with E-state index < -0.39 is 0 Å². The summed E-state index contributed by atoms with van der Waals surface area (Å²) in [7, 11) is 1.28. The second-order valence-electron chi connectivity index (χ2n) is 2.96. The Balaban J connectivity index is 0.000000145. The first-order chi connectivity index (χ1) is 6.36. The Bertz CT molecular complexity index is 277. The summed E-state index contributed by atoms with van der Waals surface area (Å²) in [5.41, 5.74) is 0.715. The standard InChI is InChI=1S/C7H5N.C3H6BO/c8-6-7-4-2-1-3-5-7;5-4-3-1-2-3/h1-5H;3,5H,1-2H2. The van der Waals surface area contributed by atoms with E-state index in [4.69, 9.17) is 10.3 Å². The van der Waals surface area contributed by atoms with Crippen molar-refractivity contribution in [1.29, 1.82) is 5.26 Å². The lowest BCUT2D eigenvalue weighted by molar-refractivity contribution is 0.599. The van der Waals surface area contributed by atoms with Gasteiger partial charge in [-0.2, -0.15) is 5.26 Å². The van der Waals surface area contributed by atoms with Crippen molar-refractivity contribution < 1.29 is 5.02 Å². The van der Waals surface area contributed by atoms with E-state index in [1.54, 1.807) is 12.1 Å². The number of rotatable bonds is 1. The number of benzene rings is 1. The molecule has 0 saturated heterocycles. The lowest BCUT2D eigenvalue weighted by Gasteiger charge is -1.80. The van der Waals surface area contributed by atoms with Gasteiger partial charge in [0.25, 0.3) is 7.48 Å². The quantitative estimate of drug-likeness (QED) is 0.655. The SMILES string of the molecule is N#Cc1ccccc1.O[B]C1CC1. The number of nitrogens with zero attached hydrogens (tertiary/aromatic N) is 1. The predicted molar refractivity (Wildman–Crippen MR) is 52.1 cm³/mol. The molecule has 2 nitrogen and oxygen atoms in total. The van der Waals surface area contributed by atoms with Crippen LogP contribution in [0.1, 0.15) is 18.4 Å². The Morgan fingerprint density at radius 2 is 1.92 bits per heavy atom. The van der Waals surface area contributed by atoms with Gasteiger partial charge in [-0.1, -0.05) is 31.0 Å². The molecule has 1 aromatic rings. The molecular formula is C10H11BNO. The lowest BCUT2D eigenvalue weighted by Crippen LogP contribution is -1.80. The molecule has 2 rings (SSSR count). The third-order valence-electron chi connectivity index (χ3n) is 1.74. The summed E-state index contributed by atoms with van der Waals surface area (Å²) in [4.78, 5) is 0. The molecule has 1 saturated carbocycles. The van der Waals surface area contributed by atoms with Crippen molar-refractivity contribution in [3.8, 4) is 6.07 Å². The molecule has 0 atom stereocenters. The van der Waals surface area contributed by atoms with E-state index in [1.807, 2.05) is 24.3 Å². The van der Waals surface area contributed by atoms with Crippen molar-refractivity contribution in [3.63, 3.8) is 0 Å². The highest BCUT2D eigenvalue weighted by Crippen LogP contribution is 2.33. The first-order valence-electron chi connectivity index (χ1n) is 4.29. The number of hydrogen-bond donors (Lipinski definition) is 1. The van der Waals surface area contributed by atoms with Crippen LogP contribution in [0.2, 0.25) is 5.82 Å². The maximum atomic E-state index is 8.29. The molecule has 3 heteroatoms. The second-order valence-corrected chi connectivity index (χ2v) is 2.96. The first kappa shape index (κ1) is 9.82. The third kappa shape index (κ3) is 4.34. The molecule has 0 heterocycles. The Labute approximate surface area is 79.1 Å². The van der Waals surface area contributed by atoms with Crippen LogP contribution in [-0.4, -0.2) is 12.5 Å². The Kier molecular flexibility index (Phi) is 4.07. The zero-order valence-corrected chi connectivity index (χ0v) is 7.35. The fourth-order valence-corrected chi connectivity index (χ4v) is 0.758. The molecule has 0 aliphatic heterocycles. The van der Waals surface area contributed by atoms with Crippen LogP contribution in [0.4, 0.5) is 0 Å². The first-order valence-corrected chi connectivity index (χ1v) is 4.29. The van der Waals surface area contributed by atoms with Crippen molar-refractivity contribution >= 4 is 7.48 Å². The molecule has 0 unspecified atom stereocenters. The highest BCUT2D eigenvalue weighted by molar-refractivity contribution is 6.29. The van der Waals surface area contributed by atoms with Gasteiger partial charge in [-0.3, -0.25) is 0 Å². The fourth-order valence-electron chi connectivity index (χ4n) is 0.758. The van der Waals surface area contributed by atoms with Crippen LogP contribution in [0, 0.1) is 11.3 Å². The molecule has 1 N–H and O–H groups in total. The van der Waals surface area contributed by atoms with Crippen molar-refractivity contribution in [2.45, 2.75) is 18.7 Å². The number of nitriles is 1. The minimum Gasteiger partial charge on any atom is -0.454 e. The maximum absolute atomic E-state index is 8.29. The van der Waals surface area contributed by atoms with Crippen molar-refractivity contribution in [2.24, 2.45) is 0 Å². The minimum absolute atomic E-state index is 0.565. The molecule has 13 heavy (non-hydrogen) atoms. The normalized spacial score (nSPS) is 13.5. The van der Waals surface area contributed by atoms with Crippen LogP contribution in [-0.2, 0) is 0 Å². The van der Waals surface area contributed by atoms with Crippen LogP contribution >= 0.6 is 0 Å². The summed E-state index contributed by atoms with van der Waals surface area (Å²) in [5.74, 6) is 0.565. The highest BCUT2D eigenvalue weighted by atomic mass is 16.2. The van der Waals surface area contributed by atoms with Gasteiger partial charge in [-0.25, -0.2) is 0 Å². The van der Waals surface area contributed by atoms with Gasteiger partial charge < -0.3 is 5.02 Å². The Morgan fingerprint density at radius 3 is 2.15 bits per heavy atom. The topological polar surface area (TPSA) is 44.0 Å². The van der Waals surface area contributed by atoms with Gasteiger partial charge in [0.2, 0.25) is 0 Å². The second kappa shape index (κ2) is 5.39. The average molecular weight is 172 g/mol. The summed E-state index contributed by atoms with van der Waals surface area (Å²) in [6.45, 7) is 0. The predicted octanol–water partition coefficient (Wildman–Crippen LogP) is 1.74. The van der Waals surface area contributed by atoms with Crippen LogP contribution in [0.25, 0.3) is 0 Å². The third-order valence-corrected chi connectivity index (χ3v) is 1.74. The summed E-state index contributed by atoms with van der Waals surface area (Å²) in [5, 5.41) is 16.4. The molecule has 0 amide bonds. The van der Waals surface area contributed by atoms with E-state index in [-0.39, 0.29) is 0 Å². The molecule has 65 valence electrons. The van der Waals surface area contributed by atoms with E-state index in [9.17, 15) is 0 Å². The van der Waals surface area contributed by atoms with Gasteiger partial charge in [-0.15, -0.1) is 0 Å². The molecule has 1 aromatic carbocycles. The van der Waals surface area contributed by atoms with Crippen LogP contribution < -0.4 is 0 Å².